The molecule has 0 aromatic heterocycles. The number of hydrogen-bond donors (Lipinski definition) is 1. The summed E-state index contributed by atoms with van der Waals surface area (Å²) in [5, 5.41) is 10.0. The molecule has 2 aromatic carbocycles. The van der Waals surface area contributed by atoms with E-state index in [4.69, 9.17) is 14.2 Å². The fraction of sp³-hybridized carbons (Fsp3) is 0.350. The molecule has 138 valence electrons. The smallest absolute Gasteiger partial charge is 0.338 e. The van der Waals surface area contributed by atoms with Gasteiger partial charge in [-0.25, -0.2) is 4.79 Å². The first-order valence-electron chi connectivity index (χ1n) is 8.48. The Balaban J connectivity index is 1.71. The van der Waals surface area contributed by atoms with Crippen molar-refractivity contribution in [1.29, 1.82) is 0 Å². The minimum atomic E-state index is -0.929. The number of hydrogen-bond acceptors (Lipinski definition) is 5. The third-order valence-corrected chi connectivity index (χ3v) is 5.08. The fourth-order valence-corrected chi connectivity index (χ4v) is 3.60. The van der Waals surface area contributed by atoms with Crippen LogP contribution in [-0.2, 0) is 20.8 Å². The largest absolute Gasteiger partial charge is 0.453 e. The van der Waals surface area contributed by atoms with E-state index in [9.17, 15) is 9.90 Å². The van der Waals surface area contributed by atoms with Gasteiger partial charge in [0.1, 0.15) is 12.2 Å². The number of aliphatic hydroxyl groups excluding tert-OH is 1. The summed E-state index contributed by atoms with van der Waals surface area (Å²) in [5.74, 6) is -0.418. The molecule has 1 N–H and O–H groups in total. The van der Waals surface area contributed by atoms with Gasteiger partial charge in [-0.2, -0.15) is 0 Å². The number of halogens is 1. The van der Waals surface area contributed by atoms with Crippen LogP contribution in [0.4, 0.5) is 0 Å². The molecule has 0 radical (unpaired) electrons. The van der Waals surface area contributed by atoms with Crippen LogP contribution in [-0.4, -0.2) is 40.1 Å². The van der Waals surface area contributed by atoms with Crippen LogP contribution < -0.4 is 0 Å². The molecule has 1 heterocycles. The van der Waals surface area contributed by atoms with Crippen LogP contribution in [0.2, 0.25) is 0 Å². The summed E-state index contributed by atoms with van der Waals surface area (Å²) in [7, 11) is 0. The standard InChI is InChI=1S/C20H21IO5/c21-12-17-19(26-20(23)15-9-5-2-6-10-15)16(11-18(22)25-17)24-13-14-7-3-1-4-8-14/h1-10,16-19,22H,11-13H2/t16-,17+,18?,19+/m0/s1. The molecule has 1 fully saturated rings. The average Bonchev–Trinajstić information content (AvgIpc) is 2.69. The highest BCUT2D eigenvalue weighted by Crippen LogP contribution is 2.27. The summed E-state index contributed by atoms with van der Waals surface area (Å²) in [5.41, 5.74) is 1.50. The molecule has 5 nitrogen and oxygen atoms in total. The van der Waals surface area contributed by atoms with Crippen molar-refractivity contribution in [3.05, 3.63) is 71.8 Å². The molecule has 6 heteroatoms. The topological polar surface area (TPSA) is 65.0 Å². The van der Waals surface area contributed by atoms with Gasteiger partial charge in [-0.15, -0.1) is 0 Å². The molecular weight excluding hydrogens is 447 g/mol. The van der Waals surface area contributed by atoms with Crippen molar-refractivity contribution >= 4 is 28.6 Å². The maximum absolute atomic E-state index is 12.5. The van der Waals surface area contributed by atoms with Crippen LogP contribution >= 0.6 is 22.6 Å². The number of ether oxygens (including phenoxy) is 3. The van der Waals surface area contributed by atoms with E-state index >= 15 is 0 Å². The number of rotatable bonds is 6. The van der Waals surface area contributed by atoms with Gasteiger partial charge in [-0.05, 0) is 17.7 Å². The molecule has 0 aliphatic carbocycles. The second kappa shape index (κ2) is 9.45. The highest BCUT2D eigenvalue weighted by molar-refractivity contribution is 14.1. The monoisotopic (exact) mass is 468 g/mol. The van der Waals surface area contributed by atoms with Crippen molar-refractivity contribution in [3.8, 4) is 0 Å². The SMILES string of the molecule is O=C(O[C@@H]1[C@@H](OCc2ccccc2)CC(O)O[C@@H]1CI)c1ccccc1. The van der Waals surface area contributed by atoms with Crippen LogP contribution in [0, 0.1) is 0 Å². The summed E-state index contributed by atoms with van der Waals surface area (Å²) in [4.78, 5) is 12.5. The van der Waals surface area contributed by atoms with Crippen LogP contribution in [0.15, 0.2) is 60.7 Å². The maximum Gasteiger partial charge on any atom is 0.338 e. The van der Waals surface area contributed by atoms with Gasteiger partial charge in [-0.3, -0.25) is 0 Å². The summed E-state index contributed by atoms with van der Waals surface area (Å²) in [6, 6.07) is 18.6. The average molecular weight is 468 g/mol. The Morgan fingerprint density at radius 3 is 2.42 bits per heavy atom. The molecule has 3 rings (SSSR count). The van der Waals surface area contributed by atoms with E-state index in [1.165, 1.54) is 0 Å². The molecule has 0 saturated carbocycles. The summed E-state index contributed by atoms with van der Waals surface area (Å²) < 4.78 is 17.9. The van der Waals surface area contributed by atoms with Gasteiger partial charge in [0.2, 0.25) is 0 Å². The third kappa shape index (κ3) is 5.03. The van der Waals surface area contributed by atoms with E-state index in [1.807, 2.05) is 36.4 Å². The van der Waals surface area contributed by atoms with E-state index < -0.39 is 30.6 Å². The third-order valence-electron chi connectivity index (χ3n) is 4.21. The van der Waals surface area contributed by atoms with Crippen molar-refractivity contribution in [2.24, 2.45) is 0 Å². The molecule has 0 bridgehead atoms. The van der Waals surface area contributed by atoms with E-state index in [-0.39, 0.29) is 6.42 Å². The molecule has 1 unspecified atom stereocenters. The normalized spacial score (nSPS) is 25.6. The summed E-state index contributed by atoms with van der Waals surface area (Å²) in [6.07, 6.45) is -2.11. The Bertz CT molecular complexity index is 694. The number of benzene rings is 2. The van der Waals surface area contributed by atoms with Crippen LogP contribution in [0.3, 0.4) is 0 Å². The molecule has 4 atom stereocenters. The van der Waals surface area contributed by atoms with Crippen molar-refractivity contribution in [2.75, 3.05) is 4.43 Å². The van der Waals surface area contributed by atoms with Crippen molar-refractivity contribution in [3.63, 3.8) is 0 Å². The Kier molecular flexibility index (Phi) is 7.01. The van der Waals surface area contributed by atoms with Gasteiger partial charge in [0.05, 0.1) is 12.2 Å². The lowest BCUT2D eigenvalue weighted by Crippen LogP contribution is -2.52. The lowest BCUT2D eigenvalue weighted by atomic mass is 10.0. The molecule has 26 heavy (non-hydrogen) atoms. The molecule has 1 aliphatic heterocycles. The lowest BCUT2D eigenvalue weighted by Gasteiger charge is -2.38. The molecule has 1 saturated heterocycles. The minimum absolute atomic E-state index is 0.257. The number of carbonyl (C=O) groups is 1. The van der Waals surface area contributed by atoms with Crippen LogP contribution in [0.25, 0.3) is 0 Å². The summed E-state index contributed by atoms with van der Waals surface area (Å²) in [6.45, 7) is 0.381. The number of aliphatic hydroxyl groups is 1. The first kappa shape index (κ1) is 19.3. The molecule has 1 aliphatic rings. The van der Waals surface area contributed by atoms with Crippen LogP contribution in [0.1, 0.15) is 22.3 Å². The van der Waals surface area contributed by atoms with Gasteiger partial charge in [0.15, 0.2) is 12.4 Å². The Morgan fingerprint density at radius 1 is 1.12 bits per heavy atom. The van der Waals surface area contributed by atoms with Crippen LogP contribution in [0.5, 0.6) is 0 Å². The highest BCUT2D eigenvalue weighted by Gasteiger charge is 2.41. The van der Waals surface area contributed by atoms with Gasteiger partial charge < -0.3 is 19.3 Å². The number of esters is 1. The zero-order chi connectivity index (χ0) is 18.4. The Hall–Kier alpha value is -1.48. The first-order chi connectivity index (χ1) is 12.7. The predicted octanol–water partition coefficient (Wildman–Crippen LogP) is 3.34. The second-order valence-electron chi connectivity index (χ2n) is 6.09. The number of alkyl halides is 1. The minimum Gasteiger partial charge on any atom is -0.453 e. The predicted molar refractivity (Wildman–Crippen MR) is 105 cm³/mol. The molecule has 2 aromatic rings. The Labute approximate surface area is 166 Å². The van der Waals surface area contributed by atoms with Crippen molar-refractivity contribution in [1.82, 2.24) is 0 Å². The van der Waals surface area contributed by atoms with Gasteiger partial charge in [0.25, 0.3) is 0 Å². The quantitative estimate of drug-likeness (QED) is 0.401. The van der Waals surface area contributed by atoms with Gasteiger partial charge in [-0.1, -0.05) is 71.1 Å². The van der Waals surface area contributed by atoms with E-state index in [1.54, 1.807) is 24.3 Å². The van der Waals surface area contributed by atoms with E-state index in [0.29, 0.717) is 16.6 Å². The fourth-order valence-electron chi connectivity index (χ4n) is 2.89. The molecule has 0 spiro atoms. The zero-order valence-corrected chi connectivity index (χ0v) is 16.3. The highest BCUT2D eigenvalue weighted by atomic mass is 127. The van der Waals surface area contributed by atoms with E-state index in [2.05, 4.69) is 22.6 Å². The van der Waals surface area contributed by atoms with Gasteiger partial charge in [0, 0.05) is 10.8 Å². The lowest BCUT2D eigenvalue weighted by molar-refractivity contribution is -0.235. The van der Waals surface area contributed by atoms with Crippen molar-refractivity contribution < 1.29 is 24.1 Å². The van der Waals surface area contributed by atoms with Gasteiger partial charge >= 0.3 is 5.97 Å². The van der Waals surface area contributed by atoms with E-state index in [0.717, 1.165) is 5.56 Å². The van der Waals surface area contributed by atoms with Crippen molar-refractivity contribution in [2.45, 2.75) is 37.6 Å². The summed E-state index contributed by atoms with van der Waals surface area (Å²) >= 11 is 2.16. The Morgan fingerprint density at radius 2 is 1.77 bits per heavy atom. The molecule has 0 amide bonds. The first-order valence-corrected chi connectivity index (χ1v) is 10.0. The second-order valence-corrected chi connectivity index (χ2v) is 6.97. The molecular formula is C20H21IO5. The number of carbonyl (C=O) groups excluding carboxylic acids is 1. The zero-order valence-electron chi connectivity index (χ0n) is 14.2. The maximum atomic E-state index is 12.5.